The third kappa shape index (κ3) is 3.35. The molecule has 0 bridgehead atoms. The lowest BCUT2D eigenvalue weighted by atomic mass is 9.99. The summed E-state index contributed by atoms with van der Waals surface area (Å²) in [5, 5.41) is 6.67. The van der Waals surface area contributed by atoms with Crippen molar-refractivity contribution in [3.05, 3.63) is 11.3 Å². The molecule has 0 radical (unpaired) electrons. The van der Waals surface area contributed by atoms with Crippen LogP contribution in [-0.2, 0) is 19.7 Å². The predicted octanol–water partition coefficient (Wildman–Crippen LogP) is 0.568. The Morgan fingerprint density at radius 2 is 2.00 bits per heavy atom. The number of nitrogens with zero attached hydrogens (tertiary/aromatic N) is 2. The van der Waals surface area contributed by atoms with Crippen LogP contribution in [0.25, 0.3) is 0 Å². The number of aromatic nitrogens is 2. The minimum atomic E-state index is -3.65. The Bertz CT molecular complexity index is 617. The molecule has 0 atom stereocenters. The Hall–Kier alpha value is -1.61. The van der Waals surface area contributed by atoms with Crippen molar-refractivity contribution in [2.45, 2.75) is 26.7 Å². The van der Waals surface area contributed by atoms with E-state index < -0.39 is 10.2 Å². The van der Waals surface area contributed by atoms with E-state index in [1.807, 2.05) is 6.92 Å². The fourth-order valence-electron chi connectivity index (χ4n) is 2.27. The van der Waals surface area contributed by atoms with Crippen molar-refractivity contribution < 1.29 is 17.9 Å². The second kappa shape index (κ2) is 6.02. The number of aromatic amines is 1. The van der Waals surface area contributed by atoms with Crippen LogP contribution in [0.5, 0.6) is 0 Å². The van der Waals surface area contributed by atoms with Crippen molar-refractivity contribution in [1.82, 2.24) is 14.5 Å². The summed E-state index contributed by atoms with van der Waals surface area (Å²) in [6.45, 7) is 4.19. The Balaban J connectivity index is 2.02. The molecule has 2 heterocycles. The van der Waals surface area contributed by atoms with E-state index >= 15 is 0 Å². The molecule has 1 aliphatic heterocycles. The number of hydrogen-bond acceptors (Lipinski definition) is 5. The zero-order chi connectivity index (χ0) is 15.6. The van der Waals surface area contributed by atoms with Crippen LogP contribution in [0.1, 0.15) is 24.1 Å². The lowest BCUT2D eigenvalue weighted by Crippen LogP contribution is -2.43. The molecular weight excluding hydrogens is 296 g/mol. The lowest BCUT2D eigenvalue weighted by Gasteiger charge is -2.29. The van der Waals surface area contributed by atoms with Crippen molar-refractivity contribution in [2.24, 2.45) is 5.92 Å². The van der Waals surface area contributed by atoms with Gasteiger partial charge in [0, 0.05) is 24.3 Å². The first-order valence-electron chi connectivity index (χ1n) is 6.72. The number of aryl methyl sites for hydroxylation is 1. The summed E-state index contributed by atoms with van der Waals surface area (Å²) in [7, 11) is -2.31. The molecule has 0 aromatic carbocycles. The number of carbonyl (C=O) groups is 1. The van der Waals surface area contributed by atoms with Crippen LogP contribution in [0.3, 0.4) is 0 Å². The highest BCUT2D eigenvalue weighted by Crippen LogP contribution is 2.22. The average molecular weight is 316 g/mol. The standard InChI is InChI=1S/C12H20N4O4S/c1-8-9(2)13-14-11(8)15-21(18,19)16-6-4-10(5-7-16)12(17)20-3/h10H,4-7H2,1-3H3,(H2,13,14,15). The molecule has 1 aromatic heterocycles. The second-order valence-electron chi connectivity index (χ2n) is 5.13. The van der Waals surface area contributed by atoms with Gasteiger partial charge in [-0.15, -0.1) is 0 Å². The highest BCUT2D eigenvalue weighted by Gasteiger charge is 2.32. The summed E-state index contributed by atoms with van der Waals surface area (Å²) in [6.07, 6.45) is 0.929. The molecule has 9 heteroatoms. The van der Waals surface area contributed by atoms with Crippen molar-refractivity contribution in [3.8, 4) is 0 Å². The Morgan fingerprint density at radius 3 is 2.48 bits per heavy atom. The second-order valence-corrected chi connectivity index (χ2v) is 6.80. The summed E-state index contributed by atoms with van der Waals surface area (Å²) in [5.74, 6) is -0.197. The number of carbonyl (C=O) groups excluding carboxylic acids is 1. The van der Waals surface area contributed by atoms with E-state index in [2.05, 4.69) is 19.7 Å². The quantitative estimate of drug-likeness (QED) is 0.790. The van der Waals surface area contributed by atoms with E-state index in [1.54, 1.807) is 6.92 Å². The summed E-state index contributed by atoms with van der Waals surface area (Å²) in [6, 6.07) is 0. The van der Waals surface area contributed by atoms with Gasteiger partial charge < -0.3 is 4.74 Å². The minimum absolute atomic E-state index is 0.226. The van der Waals surface area contributed by atoms with E-state index in [4.69, 9.17) is 0 Å². The Morgan fingerprint density at radius 1 is 1.38 bits per heavy atom. The van der Waals surface area contributed by atoms with Crippen molar-refractivity contribution in [2.75, 3.05) is 24.9 Å². The summed E-state index contributed by atoms with van der Waals surface area (Å²) < 4.78 is 33.1. The zero-order valence-corrected chi connectivity index (χ0v) is 13.2. The van der Waals surface area contributed by atoms with Crippen LogP contribution in [0, 0.1) is 19.8 Å². The van der Waals surface area contributed by atoms with Crippen LogP contribution in [0.2, 0.25) is 0 Å². The number of piperidine rings is 1. The predicted molar refractivity (Wildman–Crippen MR) is 76.9 cm³/mol. The number of esters is 1. The first kappa shape index (κ1) is 15.8. The highest BCUT2D eigenvalue weighted by molar-refractivity contribution is 7.90. The van der Waals surface area contributed by atoms with Crippen LogP contribution >= 0.6 is 0 Å². The van der Waals surface area contributed by atoms with Gasteiger partial charge in [0.1, 0.15) is 0 Å². The van der Waals surface area contributed by atoms with Crippen LogP contribution in [-0.4, -0.2) is 49.1 Å². The van der Waals surface area contributed by atoms with Crippen LogP contribution < -0.4 is 4.72 Å². The van der Waals surface area contributed by atoms with Gasteiger partial charge >= 0.3 is 16.2 Å². The number of H-pyrrole nitrogens is 1. The fourth-order valence-corrected chi connectivity index (χ4v) is 3.53. The van der Waals surface area contributed by atoms with Gasteiger partial charge in [0.25, 0.3) is 0 Å². The van der Waals surface area contributed by atoms with E-state index in [0.29, 0.717) is 18.7 Å². The van der Waals surface area contributed by atoms with Gasteiger partial charge in [-0.25, -0.2) is 0 Å². The van der Waals surface area contributed by atoms with E-state index in [1.165, 1.54) is 11.4 Å². The molecule has 1 saturated heterocycles. The molecule has 118 valence electrons. The van der Waals surface area contributed by atoms with Crippen LogP contribution in [0.4, 0.5) is 5.82 Å². The molecule has 1 aromatic rings. The molecule has 21 heavy (non-hydrogen) atoms. The number of nitrogens with one attached hydrogen (secondary N) is 2. The van der Waals surface area contributed by atoms with E-state index in [-0.39, 0.29) is 25.0 Å². The van der Waals surface area contributed by atoms with Gasteiger partial charge in [0.15, 0.2) is 5.82 Å². The molecule has 2 rings (SSSR count). The van der Waals surface area contributed by atoms with Crippen molar-refractivity contribution in [1.29, 1.82) is 0 Å². The van der Waals surface area contributed by atoms with Crippen molar-refractivity contribution in [3.63, 3.8) is 0 Å². The zero-order valence-electron chi connectivity index (χ0n) is 12.3. The normalized spacial score (nSPS) is 17.7. The lowest BCUT2D eigenvalue weighted by molar-refractivity contribution is -0.146. The van der Waals surface area contributed by atoms with Crippen molar-refractivity contribution >= 4 is 22.0 Å². The summed E-state index contributed by atoms with van der Waals surface area (Å²) >= 11 is 0. The first-order valence-corrected chi connectivity index (χ1v) is 8.16. The van der Waals surface area contributed by atoms with Crippen LogP contribution in [0.15, 0.2) is 0 Å². The third-order valence-electron chi connectivity index (χ3n) is 3.81. The number of methoxy groups -OCH3 is 1. The molecular formula is C12H20N4O4S. The molecule has 0 spiro atoms. The molecule has 1 fully saturated rings. The Labute approximate surface area is 124 Å². The van der Waals surface area contributed by atoms with Gasteiger partial charge in [-0.3, -0.25) is 14.6 Å². The molecule has 8 nitrogen and oxygen atoms in total. The fraction of sp³-hybridized carbons (Fsp3) is 0.667. The molecule has 0 unspecified atom stereocenters. The third-order valence-corrected chi connectivity index (χ3v) is 5.30. The van der Waals surface area contributed by atoms with Gasteiger partial charge in [0.2, 0.25) is 0 Å². The SMILES string of the molecule is COC(=O)C1CCN(S(=O)(=O)Nc2n[nH]c(C)c2C)CC1. The first-order chi connectivity index (χ1) is 9.85. The number of ether oxygens (including phenoxy) is 1. The molecule has 2 N–H and O–H groups in total. The number of anilines is 1. The maximum Gasteiger partial charge on any atom is 0.308 e. The summed E-state index contributed by atoms with van der Waals surface area (Å²) in [4.78, 5) is 11.4. The van der Waals surface area contributed by atoms with Gasteiger partial charge in [0.05, 0.1) is 13.0 Å². The Kier molecular flexibility index (Phi) is 4.52. The maximum absolute atomic E-state index is 12.3. The average Bonchev–Trinajstić information content (AvgIpc) is 2.78. The molecule has 1 aliphatic rings. The summed E-state index contributed by atoms with van der Waals surface area (Å²) in [5.41, 5.74) is 1.58. The number of hydrogen-bond donors (Lipinski definition) is 2. The molecule has 0 aliphatic carbocycles. The highest BCUT2D eigenvalue weighted by atomic mass is 32.2. The number of rotatable bonds is 4. The molecule has 0 saturated carbocycles. The van der Waals surface area contributed by atoms with Gasteiger partial charge in [-0.05, 0) is 26.7 Å². The largest absolute Gasteiger partial charge is 0.469 e. The minimum Gasteiger partial charge on any atom is -0.469 e. The maximum atomic E-state index is 12.3. The smallest absolute Gasteiger partial charge is 0.308 e. The van der Waals surface area contributed by atoms with Gasteiger partial charge in [-0.1, -0.05) is 0 Å². The molecule has 0 amide bonds. The van der Waals surface area contributed by atoms with E-state index in [9.17, 15) is 13.2 Å². The van der Waals surface area contributed by atoms with Gasteiger partial charge in [-0.2, -0.15) is 17.8 Å². The monoisotopic (exact) mass is 316 g/mol. The topological polar surface area (TPSA) is 104 Å². The van der Waals surface area contributed by atoms with E-state index in [0.717, 1.165) is 11.3 Å².